The number of rotatable bonds is 3. The van der Waals surface area contributed by atoms with Crippen molar-refractivity contribution in [2.75, 3.05) is 7.11 Å². The Kier molecular flexibility index (Phi) is 5.41. The first kappa shape index (κ1) is 16.2. The van der Waals surface area contributed by atoms with Crippen molar-refractivity contribution in [1.29, 1.82) is 0 Å². The number of hydrogen-bond donors (Lipinski definition) is 0. The topological polar surface area (TPSA) is 9.23 Å². The molecule has 0 N–H and O–H groups in total. The Balaban J connectivity index is 2.48. The second-order valence-electron chi connectivity index (χ2n) is 4.37. The molecular formula is C15H12Br2Cl2O. The second kappa shape index (κ2) is 6.69. The van der Waals surface area contributed by atoms with Crippen LogP contribution in [0.2, 0.25) is 10.0 Å². The summed E-state index contributed by atoms with van der Waals surface area (Å²) in [4.78, 5) is -0.0218. The average molecular weight is 439 g/mol. The molecule has 0 aliphatic heterocycles. The molecule has 0 amide bonds. The molecule has 0 saturated carbocycles. The van der Waals surface area contributed by atoms with Gasteiger partial charge in [-0.25, -0.2) is 0 Å². The Morgan fingerprint density at radius 1 is 1.05 bits per heavy atom. The first-order chi connectivity index (χ1) is 9.43. The first-order valence-corrected chi connectivity index (χ1v) is 8.33. The van der Waals surface area contributed by atoms with Crippen LogP contribution in [0.3, 0.4) is 0 Å². The molecule has 0 saturated heterocycles. The van der Waals surface area contributed by atoms with E-state index in [1.165, 1.54) is 5.56 Å². The molecule has 20 heavy (non-hydrogen) atoms. The number of benzene rings is 2. The van der Waals surface area contributed by atoms with Crippen LogP contribution in [0.4, 0.5) is 0 Å². The van der Waals surface area contributed by atoms with Crippen LogP contribution in [0.15, 0.2) is 34.8 Å². The van der Waals surface area contributed by atoms with Crippen LogP contribution < -0.4 is 4.74 Å². The van der Waals surface area contributed by atoms with Crippen molar-refractivity contribution in [2.24, 2.45) is 0 Å². The third-order valence-corrected chi connectivity index (χ3v) is 5.15. The second-order valence-corrected chi connectivity index (χ2v) is 7.02. The summed E-state index contributed by atoms with van der Waals surface area (Å²) in [6.45, 7) is 2.06. The highest BCUT2D eigenvalue weighted by molar-refractivity contribution is 9.10. The molecule has 0 aromatic heterocycles. The first-order valence-electron chi connectivity index (χ1n) is 5.87. The molecule has 2 aromatic carbocycles. The highest BCUT2D eigenvalue weighted by Gasteiger charge is 2.18. The van der Waals surface area contributed by atoms with E-state index in [9.17, 15) is 0 Å². The van der Waals surface area contributed by atoms with Crippen LogP contribution in [0, 0.1) is 6.92 Å². The van der Waals surface area contributed by atoms with Gasteiger partial charge in [-0.15, -0.1) is 0 Å². The summed E-state index contributed by atoms with van der Waals surface area (Å²) >= 11 is 19.7. The Bertz CT molecular complexity index is 644. The third-order valence-electron chi connectivity index (χ3n) is 3.05. The standard InChI is InChI=1S/C15H12Br2Cl2O/c1-8-5-9(16)3-4-10(8)15(17)11-6-13(19)14(20-2)7-12(11)18/h3-7,15H,1-2H3. The summed E-state index contributed by atoms with van der Waals surface area (Å²) in [5.41, 5.74) is 3.24. The average Bonchev–Trinajstić information content (AvgIpc) is 2.40. The lowest BCUT2D eigenvalue weighted by molar-refractivity contribution is 0.415. The van der Waals surface area contributed by atoms with E-state index in [1.54, 1.807) is 13.2 Å². The molecule has 5 heteroatoms. The molecule has 106 valence electrons. The molecule has 0 bridgehead atoms. The summed E-state index contributed by atoms with van der Waals surface area (Å²) < 4.78 is 6.22. The van der Waals surface area contributed by atoms with E-state index in [0.29, 0.717) is 15.8 Å². The van der Waals surface area contributed by atoms with Crippen molar-refractivity contribution in [1.82, 2.24) is 0 Å². The predicted octanol–water partition coefficient (Wildman–Crippen LogP) is 6.56. The maximum atomic E-state index is 6.33. The number of halogens is 4. The zero-order valence-electron chi connectivity index (χ0n) is 10.9. The summed E-state index contributed by atoms with van der Waals surface area (Å²) in [5.74, 6) is 0.577. The maximum Gasteiger partial charge on any atom is 0.138 e. The van der Waals surface area contributed by atoms with Crippen molar-refractivity contribution in [3.05, 3.63) is 61.5 Å². The molecule has 0 aliphatic rings. The van der Waals surface area contributed by atoms with Gasteiger partial charge >= 0.3 is 0 Å². The molecule has 0 heterocycles. The Hall–Kier alpha value is -0.220. The van der Waals surface area contributed by atoms with E-state index in [-0.39, 0.29) is 4.83 Å². The largest absolute Gasteiger partial charge is 0.495 e. The van der Waals surface area contributed by atoms with Gasteiger partial charge < -0.3 is 4.74 Å². The van der Waals surface area contributed by atoms with Crippen LogP contribution in [0.5, 0.6) is 5.75 Å². The molecule has 2 aromatic rings. The van der Waals surface area contributed by atoms with Gasteiger partial charge in [0.25, 0.3) is 0 Å². The summed E-state index contributed by atoms with van der Waals surface area (Å²) in [5, 5.41) is 1.17. The van der Waals surface area contributed by atoms with Gasteiger partial charge in [0.05, 0.1) is 17.0 Å². The highest BCUT2D eigenvalue weighted by atomic mass is 79.9. The lowest BCUT2D eigenvalue weighted by Gasteiger charge is -2.17. The maximum absolute atomic E-state index is 6.33. The molecule has 1 nitrogen and oxygen atoms in total. The predicted molar refractivity (Wildman–Crippen MR) is 92.7 cm³/mol. The van der Waals surface area contributed by atoms with Gasteiger partial charge in [0, 0.05) is 15.6 Å². The lowest BCUT2D eigenvalue weighted by Crippen LogP contribution is -1.98. The lowest BCUT2D eigenvalue weighted by atomic mass is 10.0. The quantitative estimate of drug-likeness (QED) is 0.493. The van der Waals surface area contributed by atoms with Crippen LogP contribution in [0.1, 0.15) is 21.5 Å². The minimum absolute atomic E-state index is 0.0218. The minimum Gasteiger partial charge on any atom is -0.495 e. The van der Waals surface area contributed by atoms with Gasteiger partial charge in [0.15, 0.2) is 0 Å². The Labute approximate surface area is 145 Å². The number of aryl methyl sites for hydroxylation is 1. The molecule has 0 radical (unpaired) electrons. The summed E-state index contributed by atoms with van der Waals surface area (Å²) in [6.07, 6.45) is 0. The van der Waals surface area contributed by atoms with Gasteiger partial charge in [-0.2, -0.15) is 0 Å². The van der Waals surface area contributed by atoms with E-state index < -0.39 is 0 Å². The monoisotopic (exact) mass is 436 g/mol. The van der Waals surface area contributed by atoms with Gasteiger partial charge in [-0.3, -0.25) is 0 Å². The number of ether oxygens (including phenoxy) is 1. The van der Waals surface area contributed by atoms with Crippen LogP contribution >= 0.6 is 55.1 Å². The zero-order valence-corrected chi connectivity index (χ0v) is 15.6. The van der Waals surface area contributed by atoms with Crippen molar-refractivity contribution >= 4 is 55.1 Å². The third kappa shape index (κ3) is 3.33. The fourth-order valence-corrected chi connectivity index (χ4v) is 4.00. The molecule has 2 rings (SSSR count). The van der Waals surface area contributed by atoms with Gasteiger partial charge in [-0.1, -0.05) is 61.1 Å². The zero-order chi connectivity index (χ0) is 14.9. The smallest absolute Gasteiger partial charge is 0.138 e. The van der Waals surface area contributed by atoms with Gasteiger partial charge in [0.1, 0.15) is 5.75 Å². The highest BCUT2D eigenvalue weighted by Crippen LogP contribution is 2.41. The SMILES string of the molecule is COc1cc(Cl)c(C(Br)c2ccc(Br)cc2C)cc1Cl. The van der Waals surface area contributed by atoms with E-state index in [1.807, 2.05) is 12.1 Å². The molecule has 1 unspecified atom stereocenters. The molecule has 0 fully saturated rings. The fraction of sp³-hybridized carbons (Fsp3) is 0.200. The van der Waals surface area contributed by atoms with E-state index in [4.69, 9.17) is 27.9 Å². The van der Waals surface area contributed by atoms with Gasteiger partial charge in [-0.05, 0) is 41.8 Å². The number of hydrogen-bond acceptors (Lipinski definition) is 1. The molecule has 1 atom stereocenters. The summed E-state index contributed by atoms with van der Waals surface area (Å²) in [7, 11) is 1.57. The molecule has 0 aliphatic carbocycles. The molecule has 0 spiro atoms. The van der Waals surface area contributed by atoms with E-state index in [0.717, 1.165) is 15.6 Å². The van der Waals surface area contributed by atoms with E-state index in [2.05, 4.69) is 50.9 Å². The van der Waals surface area contributed by atoms with Crippen molar-refractivity contribution in [2.45, 2.75) is 11.8 Å². The van der Waals surface area contributed by atoms with Crippen LogP contribution in [0.25, 0.3) is 0 Å². The normalized spacial score (nSPS) is 12.3. The van der Waals surface area contributed by atoms with Crippen molar-refractivity contribution in [3.8, 4) is 5.75 Å². The van der Waals surface area contributed by atoms with Crippen molar-refractivity contribution in [3.63, 3.8) is 0 Å². The Morgan fingerprint density at radius 3 is 2.35 bits per heavy atom. The van der Waals surface area contributed by atoms with Gasteiger partial charge in [0.2, 0.25) is 0 Å². The number of alkyl halides is 1. The van der Waals surface area contributed by atoms with E-state index >= 15 is 0 Å². The number of methoxy groups -OCH3 is 1. The summed E-state index contributed by atoms with van der Waals surface area (Å²) in [6, 6.07) is 9.72. The fourth-order valence-electron chi connectivity index (χ4n) is 1.99. The molecular weight excluding hydrogens is 427 g/mol. The van der Waals surface area contributed by atoms with Crippen molar-refractivity contribution < 1.29 is 4.74 Å². The van der Waals surface area contributed by atoms with Crippen LogP contribution in [-0.4, -0.2) is 7.11 Å². The minimum atomic E-state index is -0.0218. The van der Waals surface area contributed by atoms with Crippen LogP contribution in [-0.2, 0) is 0 Å². The Morgan fingerprint density at radius 2 is 1.75 bits per heavy atom.